The molecule has 20 heavy (non-hydrogen) atoms. The van der Waals surface area contributed by atoms with Gasteiger partial charge < -0.3 is 5.32 Å². The molecule has 112 valence electrons. The molecule has 2 aliphatic carbocycles. The summed E-state index contributed by atoms with van der Waals surface area (Å²) in [6.07, 6.45) is 11.7. The van der Waals surface area contributed by atoms with Crippen LogP contribution in [0.2, 0.25) is 0 Å². The third-order valence-corrected chi connectivity index (χ3v) is 4.94. The molecular weight excluding hydrogens is 246 g/mol. The van der Waals surface area contributed by atoms with Crippen LogP contribution in [0.3, 0.4) is 0 Å². The summed E-state index contributed by atoms with van der Waals surface area (Å²) < 4.78 is 2.40. The Labute approximate surface area is 123 Å². The fraction of sp³-hybridized carbons (Fsp3) is 0.824. The molecule has 3 rings (SSSR count). The lowest BCUT2D eigenvalue weighted by atomic mass is 9.95. The third kappa shape index (κ3) is 2.93. The molecule has 0 radical (unpaired) electrons. The van der Waals surface area contributed by atoms with Crippen molar-refractivity contribution >= 4 is 0 Å². The molecule has 2 fully saturated rings. The summed E-state index contributed by atoms with van der Waals surface area (Å²) in [5.74, 6) is 0. The van der Waals surface area contributed by atoms with Crippen molar-refractivity contribution in [2.45, 2.75) is 90.3 Å². The van der Waals surface area contributed by atoms with E-state index in [1.54, 1.807) is 0 Å². The monoisotopic (exact) mass is 275 g/mol. The van der Waals surface area contributed by atoms with Gasteiger partial charge in [-0.05, 0) is 38.5 Å². The number of rotatable bonds is 6. The van der Waals surface area contributed by atoms with E-state index in [1.807, 2.05) is 0 Å². The highest BCUT2D eigenvalue weighted by molar-refractivity contribution is 5.27. The third-order valence-electron chi connectivity index (χ3n) is 4.94. The first-order chi connectivity index (χ1) is 9.83. The van der Waals surface area contributed by atoms with Crippen LogP contribution in [0.5, 0.6) is 0 Å². The molecule has 0 saturated heterocycles. The quantitative estimate of drug-likeness (QED) is 0.856. The Morgan fingerprint density at radius 2 is 1.80 bits per heavy atom. The van der Waals surface area contributed by atoms with Crippen LogP contribution in [0.15, 0.2) is 0 Å². The average molecular weight is 275 g/mol. The van der Waals surface area contributed by atoms with Crippen molar-refractivity contribution in [3.63, 3.8) is 0 Å². The average Bonchev–Trinajstić information content (AvgIpc) is 3.25. The molecule has 1 heterocycles. The number of nitrogens with zero attached hydrogens (tertiary/aromatic N) is 2. The maximum Gasteiger partial charge on any atom is 0.0669 e. The molecule has 0 amide bonds. The summed E-state index contributed by atoms with van der Waals surface area (Å²) in [5.41, 5.74) is 4.34. The minimum Gasteiger partial charge on any atom is -0.310 e. The predicted molar refractivity (Wildman–Crippen MR) is 83.0 cm³/mol. The first kappa shape index (κ1) is 14.1. The molecule has 0 aliphatic heterocycles. The molecule has 1 N–H and O–H groups in total. The van der Waals surface area contributed by atoms with Crippen molar-refractivity contribution in [1.29, 1.82) is 0 Å². The Hall–Kier alpha value is -0.830. The van der Waals surface area contributed by atoms with Crippen molar-refractivity contribution in [1.82, 2.24) is 15.1 Å². The Kier molecular flexibility index (Phi) is 4.45. The van der Waals surface area contributed by atoms with E-state index in [4.69, 9.17) is 5.10 Å². The summed E-state index contributed by atoms with van der Waals surface area (Å²) in [4.78, 5) is 0. The molecule has 2 aliphatic rings. The largest absolute Gasteiger partial charge is 0.310 e. The zero-order valence-corrected chi connectivity index (χ0v) is 13.1. The highest BCUT2D eigenvalue weighted by Crippen LogP contribution is 2.31. The van der Waals surface area contributed by atoms with Crippen LogP contribution in [0, 0.1) is 0 Å². The molecule has 3 heteroatoms. The molecule has 0 aromatic carbocycles. The van der Waals surface area contributed by atoms with Crippen molar-refractivity contribution in [3.8, 4) is 0 Å². The number of nitrogens with one attached hydrogen (secondary N) is 1. The van der Waals surface area contributed by atoms with Gasteiger partial charge in [0, 0.05) is 23.8 Å². The zero-order valence-electron chi connectivity index (χ0n) is 13.1. The van der Waals surface area contributed by atoms with Crippen LogP contribution in [0.25, 0.3) is 0 Å². The maximum absolute atomic E-state index is 5.00. The summed E-state index contributed by atoms with van der Waals surface area (Å²) in [5, 5.41) is 8.68. The Morgan fingerprint density at radius 3 is 2.40 bits per heavy atom. The van der Waals surface area contributed by atoms with Gasteiger partial charge in [-0.15, -0.1) is 0 Å². The normalized spacial score (nSPS) is 20.5. The van der Waals surface area contributed by atoms with Crippen molar-refractivity contribution in [3.05, 3.63) is 17.0 Å². The van der Waals surface area contributed by atoms with Gasteiger partial charge in [-0.25, -0.2) is 0 Å². The van der Waals surface area contributed by atoms with Gasteiger partial charge >= 0.3 is 0 Å². The van der Waals surface area contributed by atoms with Gasteiger partial charge in [0.25, 0.3) is 0 Å². The van der Waals surface area contributed by atoms with Crippen LogP contribution in [0.4, 0.5) is 0 Å². The molecule has 3 nitrogen and oxygen atoms in total. The second kappa shape index (κ2) is 6.30. The minimum atomic E-state index is 0.665. The summed E-state index contributed by atoms with van der Waals surface area (Å²) >= 11 is 0. The topological polar surface area (TPSA) is 29.9 Å². The molecule has 0 unspecified atom stereocenters. The second-order valence-electron chi connectivity index (χ2n) is 6.47. The van der Waals surface area contributed by atoms with Crippen LogP contribution in [0.1, 0.15) is 81.8 Å². The number of aryl methyl sites for hydroxylation is 1. The number of aromatic nitrogens is 2. The van der Waals surface area contributed by atoms with E-state index in [1.165, 1.54) is 61.9 Å². The fourth-order valence-electron chi connectivity index (χ4n) is 3.58. The lowest BCUT2D eigenvalue weighted by Gasteiger charge is -2.24. The van der Waals surface area contributed by atoms with Gasteiger partial charge in [-0.1, -0.05) is 33.1 Å². The molecular formula is C17H29N3. The Morgan fingerprint density at radius 1 is 1.05 bits per heavy atom. The van der Waals surface area contributed by atoms with Crippen molar-refractivity contribution < 1.29 is 0 Å². The molecule has 0 spiro atoms. The van der Waals surface area contributed by atoms with Gasteiger partial charge in [0.05, 0.1) is 11.7 Å². The number of hydrogen-bond donors (Lipinski definition) is 1. The van der Waals surface area contributed by atoms with Gasteiger partial charge in [-0.2, -0.15) is 5.10 Å². The van der Waals surface area contributed by atoms with Crippen LogP contribution < -0.4 is 5.32 Å². The van der Waals surface area contributed by atoms with Gasteiger partial charge in [-0.3, -0.25) is 4.68 Å². The van der Waals surface area contributed by atoms with Crippen molar-refractivity contribution in [2.24, 2.45) is 0 Å². The smallest absolute Gasteiger partial charge is 0.0669 e. The summed E-state index contributed by atoms with van der Waals surface area (Å²) in [6, 6.07) is 1.45. The van der Waals surface area contributed by atoms with Gasteiger partial charge in [0.15, 0.2) is 0 Å². The second-order valence-corrected chi connectivity index (χ2v) is 6.47. The van der Waals surface area contributed by atoms with Gasteiger partial charge in [0.2, 0.25) is 0 Å². The predicted octanol–water partition coefficient (Wildman–Crippen LogP) is 3.77. The standard InChI is InChI=1S/C17H29N3/c1-3-16-15(12-18-13-10-11-13)17(4-2)20(19-16)14-8-6-5-7-9-14/h13-14,18H,3-12H2,1-2H3. The first-order valence-corrected chi connectivity index (χ1v) is 8.66. The lowest BCUT2D eigenvalue weighted by molar-refractivity contribution is 0.321. The van der Waals surface area contributed by atoms with E-state index in [-0.39, 0.29) is 0 Å². The van der Waals surface area contributed by atoms with E-state index in [0.29, 0.717) is 6.04 Å². The number of hydrogen-bond acceptors (Lipinski definition) is 2. The Bertz CT molecular complexity index is 439. The molecule has 2 saturated carbocycles. The Balaban J connectivity index is 1.83. The first-order valence-electron chi connectivity index (χ1n) is 8.66. The van der Waals surface area contributed by atoms with Crippen molar-refractivity contribution in [2.75, 3.05) is 0 Å². The van der Waals surface area contributed by atoms with E-state index in [0.717, 1.165) is 25.4 Å². The maximum atomic E-state index is 5.00. The highest BCUT2D eigenvalue weighted by atomic mass is 15.3. The van der Waals surface area contributed by atoms with E-state index >= 15 is 0 Å². The minimum absolute atomic E-state index is 0.665. The van der Waals surface area contributed by atoms with E-state index in [2.05, 4.69) is 23.8 Å². The SMILES string of the molecule is CCc1nn(C2CCCCC2)c(CC)c1CNC1CC1. The molecule has 0 atom stereocenters. The highest BCUT2D eigenvalue weighted by Gasteiger charge is 2.25. The van der Waals surface area contributed by atoms with E-state index in [9.17, 15) is 0 Å². The summed E-state index contributed by atoms with van der Waals surface area (Å²) in [6.45, 7) is 5.56. The lowest BCUT2D eigenvalue weighted by Crippen LogP contribution is -2.19. The van der Waals surface area contributed by atoms with Crippen LogP contribution in [-0.2, 0) is 19.4 Å². The zero-order chi connectivity index (χ0) is 13.9. The fourth-order valence-corrected chi connectivity index (χ4v) is 3.58. The molecule has 1 aromatic rings. The van der Waals surface area contributed by atoms with Crippen LogP contribution >= 0.6 is 0 Å². The van der Waals surface area contributed by atoms with Gasteiger partial charge in [0.1, 0.15) is 0 Å². The molecule has 0 bridgehead atoms. The molecule has 1 aromatic heterocycles. The van der Waals surface area contributed by atoms with Crippen LogP contribution in [-0.4, -0.2) is 15.8 Å². The van der Waals surface area contributed by atoms with E-state index < -0.39 is 0 Å². The summed E-state index contributed by atoms with van der Waals surface area (Å²) in [7, 11) is 0.